The second-order valence-electron chi connectivity index (χ2n) is 12.9. The van der Waals surface area contributed by atoms with E-state index in [-0.39, 0.29) is 29.5 Å². The maximum Gasteiger partial charge on any atom is 0.416 e. The van der Waals surface area contributed by atoms with Crippen LogP contribution < -0.4 is 20.0 Å². The Balaban J connectivity index is 1.07. The quantitative estimate of drug-likeness (QED) is 0.164. The van der Waals surface area contributed by atoms with E-state index in [1.807, 2.05) is 4.90 Å². The Labute approximate surface area is 280 Å². The van der Waals surface area contributed by atoms with Gasteiger partial charge in [-0.1, -0.05) is 0 Å². The smallest absolute Gasteiger partial charge is 0.416 e. The fraction of sp³-hybridized carbons (Fsp3) is 0.515. The monoisotopic (exact) mass is 686 g/mol. The second-order valence-corrected chi connectivity index (χ2v) is 12.9. The van der Waals surface area contributed by atoms with Gasteiger partial charge < -0.3 is 15.0 Å². The van der Waals surface area contributed by atoms with Crippen molar-refractivity contribution in [1.82, 2.24) is 19.8 Å². The largest absolute Gasteiger partial charge is 0.494 e. The van der Waals surface area contributed by atoms with Crippen LogP contribution in [0.25, 0.3) is 0 Å². The molecule has 1 aliphatic carbocycles. The van der Waals surface area contributed by atoms with Gasteiger partial charge >= 0.3 is 6.18 Å². The molecule has 1 aromatic heterocycles. The van der Waals surface area contributed by atoms with Crippen molar-refractivity contribution >= 4 is 28.7 Å². The van der Waals surface area contributed by atoms with Gasteiger partial charge in [0, 0.05) is 76.0 Å². The number of hydrogen-bond donors (Lipinski definition) is 1. The molecule has 49 heavy (non-hydrogen) atoms. The Kier molecular flexibility index (Phi) is 9.19. The molecule has 0 radical (unpaired) electrons. The summed E-state index contributed by atoms with van der Waals surface area (Å²) in [5, 5.41) is 16.7. The minimum Gasteiger partial charge on any atom is -0.494 e. The molecule has 0 amide bonds. The van der Waals surface area contributed by atoms with E-state index in [4.69, 9.17) is 9.57 Å². The highest BCUT2D eigenvalue weighted by Gasteiger charge is 2.36. The van der Waals surface area contributed by atoms with Crippen LogP contribution in [0.3, 0.4) is 0 Å². The van der Waals surface area contributed by atoms with Crippen molar-refractivity contribution in [2.75, 3.05) is 68.3 Å². The predicted molar refractivity (Wildman–Crippen MR) is 174 cm³/mol. The number of piperazine rings is 1. The van der Waals surface area contributed by atoms with Gasteiger partial charge in [-0.2, -0.15) is 13.2 Å². The van der Waals surface area contributed by atoms with E-state index in [0.29, 0.717) is 48.7 Å². The number of nitro groups is 1. The molecule has 4 aliphatic rings. The average Bonchev–Trinajstić information content (AvgIpc) is 3.83. The Morgan fingerprint density at radius 2 is 1.61 bits per heavy atom. The van der Waals surface area contributed by atoms with Crippen LogP contribution in [-0.4, -0.2) is 89.8 Å². The molecule has 1 saturated carbocycles. The van der Waals surface area contributed by atoms with Gasteiger partial charge in [-0.25, -0.2) is 19.4 Å². The van der Waals surface area contributed by atoms with Gasteiger partial charge in [-0.15, -0.1) is 0 Å². The number of halogens is 4. The van der Waals surface area contributed by atoms with E-state index >= 15 is 0 Å². The lowest BCUT2D eigenvalue weighted by Crippen LogP contribution is -2.53. The van der Waals surface area contributed by atoms with Crippen LogP contribution in [0.15, 0.2) is 42.7 Å². The minimum absolute atomic E-state index is 0.0800. The van der Waals surface area contributed by atoms with Crippen LogP contribution >= 0.6 is 0 Å². The third-order valence-corrected chi connectivity index (χ3v) is 9.91. The molecule has 4 fully saturated rings. The molecule has 3 aromatic rings. The number of methoxy groups -OCH3 is 1. The van der Waals surface area contributed by atoms with Crippen LogP contribution in [0.2, 0.25) is 0 Å². The summed E-state index contributed by atoms with van der Waals surface area (Å²) in [6.07, 6.45) is 1.28. The zero-order valence-electron chi connectivity index (χ0n) is 27.0. The van der Waals surface area contributed by atoms with Crippen molar-refractivity contribution in [2.24, 2.45) is 0 Å². The summed E-state index contributed by atoms with van der Waals surface area (Å²) in [5.41, 5.74) is -0.308. The van der Waals surface area contributed by atoms with E-state index < -0.39 is 28.5 Å². The van der Waals surface area contributed by atoms with Gasteiger partial charge in [0.1, 0.15) is 29.4 Å². The summed E-state index contributed by atoms with van der Waals surface area (Å²) in [4.78, 5) is 33.3. The van der Waals surface area contributed by atoms with E-state index in [0.717, 1.165) is 57.2 Å². The molecule has 12 nitrogen and oxygen atoms in total. The first-order valence-electron chi connectivity index (χ1n) is 16.6. The molecular formula is C33H38F4N8O4. The number of nitro benzene ring substituents is 1. The first-order valence-corrected chi connectivity index (χ1v) is 16.6. The standard InChI is InChI=1S/C33H38F4N8O4/c1-48-30-18-28(43-7-4-25(5-8-43)42-11-9-41(10-12-42)24-2-3-24)29(45(46)47)17-26(30)40-31-19-32(39-20-38-31)44-27(6-13-49-44)21-14-22(33(35,36)37)16-23(34)15-21/h14-20,24-25,27H,2-13H2,1H3,(H,38,39,40). The van der Waals surface area contributed by atoms with Crippen molar-refractivity contribution in [2.45, 2.75) is 56.4 Å². The van der Waals surface area contributed by atoms with Gasteiger partial charge in [-0.05, 0) is 49.4 Å². The number of aromatic nitrogens is 2. The molecule has 1 atom stereocenters. The first-order chi connectivity index (χ1) is 23.6. The fourth-order valence-electron chi connectivity index (χ4n) is 7.24. The molecular weight excluding hydrogens is 648 g/mol. The van der Waals surface area contributed by atoms with Gasteiger partial charge in [0.2, 0.25) is 0 Å². The molecule has 3 saturated heterocycles. The lowest BCUT2D eigenvalue weighted by molar-refractivity contribution is -0.384. The molecule has 0 bridgehead atoms. The third-order valence-electron chi connectivity index (χ3n) is 9.91. The van der Waals surface area contributed by atoms with Gasteiger partial charge in [0.15, 0.2) is 5.82 Å². The number of alkyl halides is 3. The highest BCUT2D eigenvalue weighted by Crippen LogP contribution is 2.42. The molecule has 1 unspecified atom stereocenters. The number of hydroxylamine groups is 1. The number of anilines is 4. The van der Waals surface area contributed by atoms with Crippen LogP contribution in [0, 0.1) is 15.9 Å². The Morgan fingerprint density at radius 1 is 0.918 bits per heavy atom. The van der Waals surface area contributed by atoms with Gasteiger partial charge in [-0.3, -0.25) is 24.8 Å². The van der Waals surface area contributed by atoms with E-state index in [9.17, 15) is 27.7 Å². The van der Waals surface area contributed by atoms with Crippen molar-refractivity contribution in [3.63, 3.8) is 0 Å². The number of hydrogen-bond acceptors (Lipinski definition) is 11. The summed E-state index contributed by atoms with van der Waals surface area (Å²) >= 11 is 0. The zero-order chi connectivity index (χ0) is 34.3. The summed E-state index contributed by atoms with van der Waals surface area (Å²) in [6, 6.07) is 7.48. The molecule has 262 valence electrons. The average molecular weight is 687 g/mol. The normalized spacial score (nSPS) is 21.3. The highest BCUT2D eigenvalue weighted by atomic mass is 19.4. The topological polar surface area (TPSA) is 112 Å². The first kappa shape index (κ1) is 33.2. The zero-order valence-corrected chi connectivity index (χ0v) is 27.0. The molecule has 2 aromatic carbocycles. The second kappa shape index (κ2) is 13.6. The number of ether oxygens (including phenoxy) is 1. The Bertz CT molecular complexity index is 1680. The van der Waals surface area contributed by atoms with Gasteiger partial charge in [0.25, 0.3) is 5.69 Å². The number of rotatable bonds is 9. The number of nitrogens with one attached hydrogen (secondary N) is 1. The van der Waals surface area contributed by atoms with Crippen molar-refractivity contribution < 1.29 is 32.1 Å². The molecule has 7 rings (SSSR count). The van der Waals surface area contributed by atoms with Crippen LogP contribution in [0.5, 0.6) is 5.75 Å². The van der Waals surface area contributed by atoms with E-state index in [2.05, 4.69) is 25.1 Å². The number of benzene rings is 2. The SMILES string of the molecule is COc1cc(N2CCC(N3CCN(C4CC4)CC3)CC2)c([N+](=O)[O-])cc1Nc1cc(N2OCCC2c2cc(F)cc(C(F)(F)F)c2)ncn1. The summed E-state index contributed by atoms with van der Waals surface area (Å²) in [5.74, 6) is -0.198. The maximum absolute atomic E-state index is 14.2. The molecule has 4 heterocycles. The predicted octanol–water partition coefficient (Wildman–Crippen LogP) is 5.93. The van der Waals surface area contributed by atoms with Crippen molar-refractivity contribution in [1.29, 1.82) is 0 Å². The summed E-state index contributed by atoms with van der Waals surface area (Å²) in [6.45, 7) is 5.89. The lowest BCUT2D eigenvalue weighted by atomic mass is 10.0. The third kappa shape index (κ3) is 7.21. The molecule has 0 spiro atoms. The highest BCUT2D eigenvalue weighted by molar-refractivity contribution is 5.77. The molecule has 1 N–H and O–H groups in total. The van der Waals surface area contributed by atoms with Gasteiger partial charge in [0.05, 0.1) is 35.9 Å². The summed E-state index contributed by atoms with van der Waals surface area (Å²) < 4.78 is 60.1. The number of nitrogens with zero attached hydrogens (tertiary/aromatic N) is 7. The lowest BCUT2D eigenvalue weighted by Gasteiger charge is -2.43. The Hall–Kier alpha value is -4.28. The van der Waals surface area contributed by atoms with E-state index in [1.54, 1.807) is 6.07 Å². The molecule has 3 aliphatic heterocycles. The number of piperidine rings is 1. The van der Waals surface area contributed by atoms with Crippen LogP contribution in [0.1, 0.15) is 49.3 Å². The Morgan fingerprint density at radius 3 is 2.24 bits per heavy atom. The van der Waals surface area contributed by atoms with Crippen molar-refractivity contribution in [3.05, 3.63) is 69.8 Å². The van der Waals surface area contributed by atoms with E-state index in [1.165, 1.54) is 43.5 Å². The van der Waals surface area contributed by atoms with Crippen molar-refractivity contribution in [3.8, 4) is 5.75 Å². The minimum atomic E-state index is -4.72. The summed E-state index contributed by atoms with van der Waals surface area (Å²) in [7, 11) is 1.48. The fourth-order valence-corrected chi connectivity index (χ4v) is 7.24. The van der Waals surface area contributed by atoms with Crippen LogP contribution in [0.4, 0.5) is 46.3 Å². The maximum atomic E-state index is 14.2. The molecule has 16 heteroatoms. The van der Waals surface area contributed by atoms with Crippen LogP contribution in [-0.2, 0) is 11.0 Å².